The minimum atomic E-state index is -0.935. The number of carbonyl (C=O) groups is 2. The number of nitrogens with one attached hydrogen (secondary N) is 1. The summed E-state index contributed by atoms with van der Waals surface area (Å²) >= 11 is 6.17. The number of aliphatic carboxylic acids is 1. The van der Waals surface area contributed by atoms with Gasteiger partial charge in [-0.2, -0.15) is 0 Å². The number of halogens is 1. The highest BCUT2D eigenvalue weighted by molar-refractivity contribution is 6.32. The molecule has 0 saturated heterocycles. The minimum absolute atomic E-state index is 0.0234. The van der Waals surface area contributed by atoms with E-state index >= 15 is 0 Å². The summed E-state index contributed by atoms with van der Waals surface area (Å²) in [5.41, 5.74) is 2.27. The number of nitrogens with zero attached hydrogens (tertiary/aromatic N) is 1. The van der Waals surface area contributed by atoms with Crippen molar-refractivity contribution in [1.29, 1.82) is 0 Å². The average molecular weight is 423 g/mol. The number of aromatic nitrogens is 1. The Morgan fingerprint density at radius 2 is 1.83 bits per heavy atom. The number of carboxylic acids is 1. The molecule has 0 spiro atoms. The van der Waals surface area contributed by atoms with Crippen molar-refractivity contribution in [3.05, 3.63) is 83.2 Å². The normalized spacial score (nSPS) is 10.7. The molecule has 1 aromatic heterocycles. The van der Waals surface area contributed by atoms with Gasteiger partial charge in [-0.25, -0.2) is 4.98 Å². The number of rotatable bonds is 6. The zero-order valence-electron chi connectivity index (χ0n) is 15.5. The minimum Gasteiger partial charge on any atom is -0.481 e. The highest BCUT2D eigenvalue weighted by atomic mass is 35.5. The molecule has 0 bridgehead atoms. The smallest absolute Gasteiger partial charge is 0.311 e. The Balaban J connectivity index is 1.42. The summed E-state index contributed by atoms with van der Waals surface area (Å²) in [6.45, 7) is 0. The van der Waals surface area contributed by atoms with E-state index in [1.165, 1.54) is 0 Å². The van der Waals surface area contributed by atoms with E-state index in [0.29, 0.717) is 38.9 Å². The second-order valence-corrected chi connectivity index (χ2v) is 6.81. The quantitative estimate of drug-likeness (QED) is 0.445. The maximum Gasteiger partial charge on any atom is 0.311 e. The van der Waals surface area contributed by atoms with Gasteiger partial charge < -0.3 is 19.6 Å². The van der Waals surface area contributed by atoms with Gasteiger partial charge in [0, 0.05) is 5.69 Å². The molecule has 0 unspecified atom stereocenters. The van der Waals surface area contributed by atoms with Gasteiger partial charge in [-0.1, -0.05) is 29.8 Å². The molecular weight excluding hydrogens is 408 g/mol. The monoisotopic (exact) mass is 422 g/mol. The first-order chi connectivity index (χ1) is 14.5. The van der Waals surface area contributed by atoms with Crippen molar-refractivity contribution in [3.8, 4) is 11.5 Å². The number of carbonyl (C=O) groups excluding carboxylic acids is 1. The van der Waals surface area contributed by atoms with Crippen LogP contribution < -0.4 is 10.1 Å². The maximum atomic E-state index is 12.4. The van der Waals surface area contributed by atoms with Crippen molar-refractivity contribution in [2.45, 2.75) is 6.42 Å². The van der Waals surface area contributed by atoms with Gasteiger partial charge in [-0.15, -0.1) is 0 Å². The van der Waals surface area contributed by atoms with Crippen LogP contribution in [0.25, 0.3) is 11.1 Å². The number of benzene rings is 3. The van der Waals surface area contributed by atoms with E-state index in [-0.39, 0.29) is 12.3 Å². The molecule has 4 rings (SSSR count). The van der Waals surface area contributed by atoms with Gasteiger partial charge in [0.15, 0.2) is 5.58 Å². The van der Waals surface area contributed by atoms with Crippen LogP contribution in [0.5, 0.6) is 11.5 Å². The van der Waals surface area contributed by atoms with Gasteiger partial charge in [0.25, 0.3) is 5.89 Å². The molecule has 0 atom stereocenters. The average Bonchev–Trinajstić information content (AvgIpc) is 3.15. The van der Waals surface area contributed by atoms with Crippen LogP contribution in [0.3, 0.4) is 0 Å². The van der Waals surface area contributed by atoms with Crippen LogP contribution in [0.1, 0.15) is 16.2 Å². The lowest BCUT2D eigenvalue weighted by Crippen LogP contribution is -2.12. The Kier molecular flexibility index (Phi) is 5.36. The number of fused-ring (bicyclic) bond motifs is 1. The van der Waals surface area contributed by atoms with E-state index in [1.54, 1.807) is 60.7 Å². The van der Waals surface area contributed by atoms with Crippen LogP contribution in [0.2, 0.25) is 5.02 Å². The fraction of sp³-hybridized carbons (Fsp3) is 0.0455. The van der Waals surface area contributed by atoms with Crippen molar-refractivity contribution in [2.24, 2.45) is 0 Å². The molecule has 1 amide bonds. The third-order valence-corrected chi connectivity index (χ3v) is 4.48. The molecule has 1 heterocycles. The van der Waals surface area contributed by atoms with Gasteiger partial charge in [0.1, 0.15) is 17.0 Å². The topological polar surface area (TPSA) is 102 Å². The van der Waals surface area contributed by atoms with E-state index < -0.39 is 11.9 Å². The fourth-order valence-electron chi connectivity index (χ4n) is 2.80. The molecule has 8 heteroatoms. The standard InChI is InChI=1S/C22H15ClN2O5/c23-16-11-13(12-20(26)27)5-10-18(16)29-15-8-6-14(7-9-15)24-21(28)22-25-17-3-1-2-4-19(17)30-22/h1-11H,12H2,(H,24,28)(H,26,27). The van der Waals surface area contributed by atoms with Crippen LogP contribution in [0.4, 0.5) is 5.69 Å². The predicted molar refractivity (Wildman–Crippen MR) is 111 cm³/mol. The van der Waals surface area contributed by atoms with Crippen LogP contribution in [-0.2, 0) is 11.2 Å². The molecule has 3 aromatic carbocycles. The molecule has 4 aromatic rings. The second kappa shape index (κ2) is 8.26. The molecule has 7 nitrogen and oxygen atoms in total. The summed E-state index contributed by atoms with van der Waals surface area (Å²) in [5.74, 6) is -0.520. The Hall–Kier alpha value is -3.84. The van der Waals surface area contributed by atoms with Crippen LogP contribution in [0.15, 0.2) is 71.1 Å². The lowest BCUT2D eigenvalue weighted by Gasteiger charge is -2.09. The van der Waals surface area contributed by atoms with Crippen molar-refractivity contribution in [1.82, 2.24) is 4.98 Å². The van der Waals surface area contributed by atoms with E-state index in [2.05, 4.69) is 10.3 Å². The number of ether oxygens (including phenoxy) is 1. The summed E-state index contributed by atoms with van der Waals surface area (Å²) < 4.78 is 11.2. The molecule has 150 valence electrons. The highest BCUT2D eigenvalue weighted by Crippen LogP contribution is 2.31. The first-order valence-electron chi connectivity index (χ1n) is 8.93. The van der Waals surface area contributed by atoms with Gasteiger partial charge >= 0.3 is 11.9 Å². The fourth-order valence-corrected chi connectivity index (χ4v) is 3.04. The molecule has 0 fully saturated rings. The number of carboxylic acid groups (broad SMARTS) is 1. The summed E-state index contributed by atoms with van der Waals surface area (Å²) in [6, 6.07) is 18.6. The van der Waals surface area contributed by atoms with Crippen LogP contribution in [-0.4, -0.2) is 22.0 Å². The van der Waals surface area contributed by atoms with Gasteiger partial charge in [0.05, 0.1) is 11.4 Å². The third kappa shape index (κ3) is 4.42. The molecule has 2 N–H and O–H groups in total. The Morgan fingerprint density at radius 1 is 1.07 bits per heavy atom. The van der Waals surface area contributed by atoms with Crippen LogP contribution in [0, 0.1) is 0 Å². The molecule has 0 aliphatic carbocycles. The van der Waals surface area contributed by atoms with E-state index in [0.717, 1.165) is 0 Å². The van der Waals surface area contributed by atoms with Crippen LogP contribution >= 0.6 is 11.6 Å². The largest absolute Gasteiger partial charge is 0.481 e. The number of hydrogen-bond acceptors (Lipinski definition) is 5. The maximum absolute atomic E-state index is 12.4. The molecule has 0 radical (unpaired) electrons. The molecule has 0 aliphatic rings. The highest BCUT2D eigenvalue weighted by Gasteiger charge is 2.14. The van der Waals surface area contributed by atoms with E-state index in [1.807, 2.05) is 6.07 Å². The Morgan fingerprint density at radius 3 is 2.53 bits per heavy atom. The van der Waals surface area contributed by atoms with Gasteiger partial charge in [0.2, 0.25) is 0 Å². The summed E-state index contributed by atoms with van der Waals surface area (Å²) in [6.07, 6.45) is -0.117. The first kappa shape index (κ1) is 19.5. The third-order valence-electron chi connectivity index (χ3n) is 4.18. The Labute approximate surface area is 175 Å². The number of oxazole rings is 1. The zero-order chi connectivity index (χ0) is 21.1. The molecular formula is C22H15ClN2O5. The van der Waals surface area contributed by atoms with E-state index in [9.17, 15) is 9.59 Å². The Bertz CT molecular complexity index is 1200. The predicted octanol–water partition coefficient (Wildman–Crippen LogP) is 5.15. The molecule has 0 saturated carbocycles. The van der Waals surface area contributed by atoms with Gasteiger partial charge in [-0.05, 0) is 54.1 Å². The van der Waals surface area contributed by atoms with Crippen molar-refractivity contribution in [2.75, 3.05) is 5.32 Å². The number of para-hydroxylation sites is 2. The summed E-state index contributed by atoms with van der Waals surface area (Å²) in [7, 11) is 0. The number of hydrogen-bond donors (Lipinski definition) is 2. The zero-order valence-corrected chi connectivity index (χ0v) is 16.2. The summed E-state index contributed by atoms with van der Waals surface area (Å²) in [5, 5.41) is 11.9. The van der Waals surface area contributed by atoms with Crippen molar-refractivity contribution < 1.29 is 23.8 Å². The lowest BCUT2D eigenvalue weighted by atomic mass is 10.1. The summed E-state index contributed by atoms with van der Waals surface area (Å²) in [4.78, 5) is 27.3. The SMILES string of the molecule is O=C(O)Cc1ccc(Oc2ccc(NC(=O)c3nc4ccccc4o3)cc2)c(Cl)c1. The first-order valence-corrected chi connectivity index (χ1v) is 9.31. The van der Waals surface area contributed by atoms with Gasteiger partial charge in [-0.3, -0.25) is 9.59 Å². The lowest BCUT2D eigenvalue weighted by molar-refractivity contribution is -0.136. The van der Waals surface area contributed by atoms with Crippen molar-refractivity contribution >= 4 is 40.3 Å². The number of amides is 1. The van der Waals surface area contributed by atoms with E-state index in [4.69, 9.17) is 25.9 Å². The molecule has 30 heavy (non-hydrogen) atoms. The second-order valence-electron chi connectivity index (χ2n) is 6.40. The van der Waals surface area contributed by atoms with Crippen molar-refractivity contribution in [3.63, 3.8) is 0 Å². The number of anilines is 1. The molecule has 0 aliphatic heterocycles.